The molecule has 0 unspecified atom stereocenters. The molecular weight excluding hydrogens is 327 g/mol. The summed E-state index contributed by atoms with van der Waals surface area (Å²) >= 11 is 0. The van der Waals surface area contributed by atoms with Crippen LogP contribution >= 0.6 is 0 Å². The summed E-state index contributed by atoms with van der Waals surface area (Å²) in [4.78, 5) is 11.7. The minimum atomic E-state index is -0.225. The maximum atomic E-state index is 14.1. The molecule has 0 N–H and O–H groups in total. The largest absolute Gasteiger partial charge is 0.337 e. The summed E-state index contributed by atoms with van der Waals surface area (Å²) in [5.74, 6) is 1.23. The van der Waals surface area contributed by atoms with Crippen LogP contribution in [-0.2, 0) is 13.6 Å². The van der Waals surface area contributed by atoms with Gasteiger partial charge in [0.25, 0.3) is 0 Å². The average Bonchev–Trinajstić information content (AvgIpc) is 3.07. The molecule has 4 rings (SSSR count). The zero-order valence-electron chi connectivity index (χ0n) is 15.0. The first-order chi connectivity index (χ1) is 12.7. The smallest absolute Gasteiger partial charge is 0.132 e. The molecule has 3 heterocycles. The number of rotatable bonds is 4. The Balaban J connectivity index is 1.53. The summed E-state index contributed by atoms with van der Waals surface area (Å²) in [6.07, 6.45) is 6.08. The number of pyridine rings is 1. The number of halogens is 1. The van der Waals surface area contributed by atoms with E-state index in [1.807, 2.05) is 37.6 Å². The number of piperidine rings is 1. The second-order valence-electron chi connectivity index (χ2n) is 6.96. The molecule has 0 amide bonds. The van der Waals surface area contributed by atoms with Crippen LogP contribution in [0, 0.1) is 5.82 Å². The highest BCUT2D eigenvalue weighted by atomic mass is 19.1. The lowest BCUT2D eigenvalue weighted by atomic mass is 9.94. The van der Waals surface area contributed by atoms with E-state index in [1.54, 1.807) is 12.1 Å². The van der Waals surface area contributed by atoms with E-state index >= 15 is 0 Å². The van der Waals surface area contributed by atoms with E-state index in [0.29, 0.717) is 17.2 Å². The molecule has 1 aliphatic heterocycles. The first-order valence-electron chi connectivity index (χ1n) is 9.11. The summed E-state index contributed by atoms with van der Waals surface area (Å²) < 4.78 is 16.2. The van der Waals surface area contributed by atoms with Crippen LogP contribution in [-0.4, -0.2) is 32.5 Å². The second-order valence-corrected chi connectivity index (χ2v) is 6.96. The second kappa shape index (κ2) is 7.38. The predicted octanol–water partition coefficient (Wildman–Crippen LogP) is 4.00. The number of hydrogen-bond donors (Lipinski definition) is 0. The molecule has 0 bridgehead atoms. The fraction of sp³-hybridized carbons (Fsp3) is 0.333. The molecule has 5 heteroatoms. The summed E-state index contributed by atoms with van der Waals surface area (Å²) in [5, 5.41) is 0. The molecule has 0 radical (unpaired) electrons. The first-order valence-corrected chi connectivity index (χ1v) is 9.11. The quantitative estimate of drug-likeness (QED) is 0.713. The summed E-state index contributed by atoms with van der Waals surface area (Å²) in [7, 11) is 2.03. The molecule has 0 spiro atoms. The predicted molar refractivity (Wildman–Crippen MR) is 100 cm³/mol. The van der Waals surface area contributed by atoms with Crippen LogP contribution in [0.1, 0.15) is 30.3 Å². The van der Waals surface area contributed by atoms with Crippen molar-refractivity contribution in [3.63, 3.8) is 0 Å². The molecule has 1 aliphatic rings. The van der Waals surface area contributed by atoms with Gasteiger partial charge in [-0.15, -0.1) is 0 Å². The molecule has 26 heavy (non-hydrogen) atoms. The SMILES string of the molecule is Cn1ccnc1CN1CCC[C@@H](c2cccc(-c3ccccc3F)n2)C1. The Labute approximate surface area is 153 Å². The molecule has 0 aliphatic carbocycles. The lowest BCUT2D eigenvalue weighted by molar-refractivity contribution is 0.192. The van der Waals surface area contributed by atoms with Crippen LogP contribution in [0.15, 0.2) is 54.9 Å². The van der Waals surface area contributed by atoms with Crippen LogP contribution in [0.5, 0.6) is 0 Å². The van der Waals surface area contributed by atoms with Crippen LogP contribution in [0.25, 0.3) is 11.3 Å². The number of aromatic nitrogens is 3. The van der Waals surface area contributed by atoms with Gasteiger partial charge in [-0.1, -0.05) is 18.2 Å². The molecule has 134 valence electrons. The van der Waals surface area contributed by atoms with Gasteiger partial charge in [-0.25, -0.2) is 9.37 Å². The van der Waals surface area contributed by atoms with Crippen LogP contribution in [0.4, 0.5) is 4.39 Å². The van der Waals surface area contributed by atoms with Crippen molar-refractivity contribution >= 4 is 0 Å². The number of aryl methyl sites for hydroxylation is 1. The Morgan fingerprint density at radius 2 is 2.04 bits per heavy atom. The maximum absolute atomic E-state index is 14.1. The van der Waals surface area contributed by atoms with Crippen LogP contribution in [0.2, 0.25) is 0 Å². The van der Waals surface area contributed by atoms with Crippen molar-refractivity contribution in [3.8, 4) is 11.3 Å². The fourth-order valence-corrected chi connectivity index (χ4v) is 3.69. The Bertz CT molecular complexity index is 889. The van der Waals surface area contributed by atoms with E-state index in [-0.39, 0.29) is 5.82 Å². The van der Waals surface area contributed by atoms with Crippen molar-refractivity contribution in [2.75, 3.05) is 13.1 Å². The molecule has 4 nitrogen and oxygen atoms in total. The van der Waals surface area contributed by atoms with Gasteiger partial charge in [-0.05, 0) is 43.7 Å². The van der Waals surface area contributed by atoms with Crippen molar-refractivity contribution in [1.29, 1.82) is 0 Å². The van der Waals surface area contributed by atoms with Crippen molar-refractivity contribution in [2.45, 2.75) is 25.3 Å². The van der Waals surface area contributed by atoms with Gasteiger partial charge in [0, 0.05) is 43.2 Å². The topological polar surface area (TPSA) is 34.0 Å². The highest BCUT2D eigenvalue weighted by Gasteiger charge is 2.23. The van der Waals surface area contributed by atoms with Gasteiger partial charge < -0.3 is 4.57 Å². The van der Waals surface area contributed by atoms with Gasteiger partial charge in [0.1, 0.15) is 11.6 Å². The molecule has 1 atom stereocenters. The maximum Gasteiger partial charge on any atom is 0.132 e. The van der Waals surface area contributed by atoms with Gasteiger partial charge in [0.2, 0.25) is 0 Å². The Morgan fingerprint density at radius 1 is 1.15 bits per heavy atom. The standard InChI is InChI=1S/C21H23FN4/c1-25-13-11-23-21(25)15-26-12-5-6-16(14-26)19-9-4-10-20(24-19)17-7-2-3-8-18(17)22/h2-4,7-11,13,16H,5-6,12,14-15H2,1H3/t16-/m1/s1. The van der Waals surface area contributed by atoms with Crippen molar-refractivity contribution in [1.82, 2.24) is 19.4 Å². The third-order valence-corrected chi connectivity index (χ3v) is 5.13. The number of nitrogens with zero attached hydrogens (tertiary/aromatic N) is 4. The Morgan fingerprint density at radius 3 is 2.85 bits per heavy atom. The normalized spacial score (nSPS) is 18.2. The fourth-order valence-electron chi connectivity index (χ4n) is 3.69. The highest BCUT2D eigenvalue weighted by Crippen LogP contribution is 2.29. The average molecular weight is 350 g/mol. The first kappa shape index (κ1) is 16.9. The van der Waals surface area contributed by atoms with Gasteiger partial charge in [0.15, 0.2) is 0 Å². The van der Waals surface area contributed by atoms with Gasteiger partial charge in [-0.2, -0.15) is 0 Å². The van der Waals surface area contributed by atoms with E-state index in [4.69, 9.17) is 4.98 Å². The molecule has 1 fully saturated rings. The summed E-state index contributed by atoms with van der Waals surface area (Å²) in [5.41, 5.74) is 2.33. The minimum absolute atomic E-state index is 0.225. The van der Waals surface area contributed by atoms with Crippen molar-refractivity contribution < 1.29 is 4.39 Å². The molecule has 1 saturated heterocycles. The third kappa shape index (κ3) is 3.53. The highest BCUT2D eigenvalue weighted by molar-refractivity contribution is 5.59. The van der Waals surface area contributed by atoms with Gasteiger partial charge >= 0.3 is 0 Å². The number of imidazole rings is 1. The minimum Gasteiger partial charge on any atom is -0.337 e. The zero-order valence-corrected chi connectivity index (χ0v) is 15.0. The van der Waals surface area contributed by atoms with Crippen LogP contribution < -0.4 is 0 Å². The van der Waals surface area contributed by atoms with E-state index in [0.717, 1.165) is 44.0 Å². The molecule has 2 aromatic heterocycles. The van der Waals surface area contributed by atoms with Crippen molar-refractivity contribution in [3.05, 3.63) is 72.2 Å². The summed E-state index contributed by atoms with van der Waals surface area (Å²) in [6.45, 7) is 2.89. The molecule has 1 aromatic carbocycles. The van der Waals surface area contributed by atoms with E-state index < -0.39 is 0 Å². The van der Waals surface area contributed by atoms with Crippen LogP contribution in [0.3, 0.4) is 0 Å². The summed E-state index contributed by atoms with van der Waals surface area (Å²) in [6, 6.07) is 12.8. The Hall–Kier alpha value is -2.53. The van der Waals surface area contributed by atoms with E-state index in [9.17, 15) is 4.39 Å². The lowest BCUT2D eigenvalue weighted by Gasteiger charge is -2.32. The number of likely N-dealkylation sites (tertiary alicyclic amines) is 1. The molecular formula is C21H23FN4. The monoisotopic (exact) mass is 350 g/mol. The molecule has 3 aromatic rings. The van der Waals surface area contributed by atoms with Gasteiger partial charge in [-0.3, -0.25) is 9.88 Å². The number of benzene rings is 1. The Kier molecular flexibility index (Phi) is 4.80. The number of hydrogen-bond acceptors (Lipinski definition) is 3. The van der Waals surface area contributed by atoms with Crippen molar-refractivity contribution in [2.24, 2.45) is 7.05 Å². The molecule has 0 saturated carbocycles. The lowest BCUT2D eigenvalue weighted by Crippen LogP contribution is -2.35. The third-order valence-electron chi connectivity index (χ3n) is 5.13. The van der Waals surface area contributed by atoms with E-state index in [1.165, 1.54) is 6.07 Å². The van der Waals surface area contributed by atoms with Gasteiger partial charge in [0.05, 0.1) is 12.2 Å². The zero-order chi connectivity index (χ0) is 17.9. The van der Waals surface area contributed by atoms with E-state index in [2.05, 4.69) is 20.5 Å².